The zero-order chi connectivity index (χ0) is 12.4. The van der Waals surface area contributed by atoms with E-state index in [2.05, 4.69) is 25.8 Å². The Labute approximate surface area is 106 Å². The van der Waals surface area contributed by atoms with Gasteiger partial charge in [0, 0.05) is 12.1 Å². The number of aliphatic hydroxyl groups is 1. The van der Waals surface area contributed by atoms with Gasteiger partial charge in [0.2, 0.25) is 0 Å². The molecule has 2 heteroatoms. The monoisotopic (exact) mass is 239 g/mol. The third-order valence-corrected chi connectivity index (χ3v) is 5.12. The van der Waals surface area contributed by atoms with Gasteiger partial charge >= 0.3 is 0 Å². The van der Waals surface area contributed by atoms with Gasteiger partial charge in [0.25, 0.3) is 0 Å². The summed E-state index contributed by atoms with van der Waals surface area (Å²) in [5.74, 6) is 1.53. The molecule has 0 radical (unpaired) electrons. The van der Waals surface area contributed by atoms with Crippen LogP contribution in [0.15, 0.2) is 0 Å². The van der Waals surface area contributed by atoms with Crippen molar-refractivity contribution in [2.45, 2.75) is 77.0 Å². The number of nitrogens with zero attached hydrogens (tertiary/aromatic N) is 1. The molecule has 0 saturated heterocycles. The molecule has 17 heavy (non-hydrogen) atoms. The first-order valence-corrected chi connectivity index (χ1v) is 7.49. The summed E-state index contributed by atoms with van der Waals surface area (Å²) < 4.78 is 0. The Morgan fingerprint density at radius 3 is 2.29 bits per heavy atom. The van der Waals surface area contributed by atoms with Crippen molar-refractivity contribution in [3.63, 3.8) is 0 Å². The van der Waals surface area contributed by atoms with E-state index in [9.17, 15) is 5.11 Å². The van der Waals surface area contributed by atoms with Gasteiger partial charge in [0.05, 0.1) is 6.10 Å². The molecule has 0 heterocycles. The molecule has 0 aromatic heterocycles. The zero-order valence-electron chi connectivity index (χ0n) is 11.7. The third-order valence-electron chi connectivity index (χ3n) is 5.12. The maximum absolute atomic E-state index is 9.94. The lowest BCUT2D eigenvalue weighted by Crippen LogP contribution is -2.49. The number of hydrogen-bond acceptors (Lipinski definition) is 2. The van der Waals surface area contributed by atoms with Crippen molar-refractivity contribution in [3.05, 3.63) is 0 Å². The minimum Gasteiger partial charge on any atom is -0.393 e. The van der Waals surface area contributed by atoms with E-state index in [4.69, 9.17) is 0 Å². The summed E-state index contributed by atoms with van der Waals surface area (Å²) in [4.78, 5) is 2.61. The van der Waals surface area contributed by atoms with Crippen LogP contribution in [-0.2, 0) is 0 Å². The third kappa shape index (κ3) is 3.03. The predicted octanol–water partition coefficient (Wildman–Crippen LogP) is 3.05. The van der Waals surface area contributed by atoms with Crippen molar-refractivity contribution in [1.82, 2.24) is 4.90 Å². The van der Waals surface area contributed by atoms with E-state index in [1.807, 2.05) is 0 Å². The van der Waals surface area contributed by atoms with Gasteiger partial charge in [-0.15, -0.1) is 0 Å². The standard InChI is InChI=1S/C15H29NO/c1-11(2)14-9-8-13(17)10-15(14)16(3)12-6-4-5-7-12/h11-15,17H,4-10H2,1-3H3. The SMILES string of the molecule is CC(C)C1CCC(O)CC1N(C)C1CCCC1. The molecule has 2 saturated carbocycles. The van der Waals surface area contributed by atoms with Crippen LogP contribution in [0.2, 0.25) is 0 Å². The minimum absolute atomic E-state index is 0.0566. The second-order valence-electron chi connectivity index (χ2n) is 6.55. The Hall–Kier alpha value is -0.0800. The first kappa shape index (κ1) is 13.4. The van der Waals surface area contributed by atoms with Gasteiger partial charge in [-0.25, -0.2) is 0 Å². The highest BCUT2D eigenvalue weighted by molar-refractivity contribution is 4.90. The maximum Gasteiger partial charge on any atom is 0.0555 e. The van der Waals surface area contributed by atoms with Crippen LogP contribution in [0.5, 0.6) is 0 Å². The summed E-state index contributed by atoms with van der Waals surface area (Å²) >= 11 is 0. The fraction of sp³-hybridized carbons (Fsp3) is 1.00. The molecule has 0 aromatic rings. The van der Waals surface area contributed by atoms with Gasteiger partial charge in [-0.3, -0.25) is 0 Å². The number of hydrogen-bond donors (Lipinski definition) is 1. The van der Waals surface area contributed by atoms with Crippen LogP contribution < -0.4 is 0 Å². The molecule has 2 rings (SSSR count). The maximum atomic E-state index is 9.94. The molecule has 0 aliphatic heterocycles. The predicted molar refractivity (Wildman–Crippen MR) is 72.0 cm³/mol. The Bertz CT molecular complexity index is 235. The summed E-state index contributed by atoms with van der Waals surface area (Å²) in [6.07, 6.45) is 8.70. The highest BCUT2D eigenvalue weighted by Gasteiger charge is 2.36. The van der Waals surface area contributed by atoms with Crippen molar-refractivity contribution in [2.75, 3.05) is 7.05 Å². The fourth-order valence-corrected chi connectivity index (χ4v) is 3.98. The van der Waals surface area contributed by atoms with Crippen molar-refractivity contribution < 1.29 is 5.11 Å². The molecule has 2 nitrogen and oxygen atoms in total. The summed E-state index contributed by atoms with van der Waals surface area (Å²) in [5, 5.41) is 9.94. The van der Waals surface area contributed by atoms with Crippen molar-refractivity contribution in [3.8, 4) is 0 Å². The molecule has 2 fully saturated rings. The molecule has 0 amide bonds. The van der Waals surface area contributed by atoms with Crippen LogP contribution in [0.3, 0.4) is 0 Å². The first-order chi connectivity index (χ1) is 8.09. The highest BCUT2D eigenvalue weighted by Crippen LogP contribution is 2.36. The quantitative estimate of drug-likeness (QED) is 0.818. The zero-order valence-corrected chi connectivity index (χ0v) is 11.7. The van der Waals surface area contributed by atoms with E-state index in [0.29, 0.717) is 6.04 Å². The highest BCUT2D eigenvalue weighted by atomic mass is 16.3. The van der Waals surface area contributed by atoms with Crippen LogP contribution in [-0.4, -0.2) is 35.2 Å². The lowest BCUT2D eigenvalue weighted by Gasteiger charge is -2.44. The van der Waals surface area contributed by atoms with Crippen molar-refractivity contribution >= 4 is 0 Å². The Balaban J connectivity index is 2.02. The van der Waals surface area contributed by atoms with Gasteiger partial charge in [0.1, 0.15) is 0 Å². The van der Waals surface area contributed by atoms with Crippen LogP contribution in [0.1, 0.15) is 58.8 Å². The average molecular weight is 239 g/mol. The molecule has 2 aliphatic carbocycles. The van der Waals surface area contributed by atoms with Gasteiger partial charge < -0.3 is 10.0 Å². The molecule has 100 valence electrons. The lowest BCUT2D eigenvalue weighted by molar-refractivity contribution is 0.00650. The Morgan fingerprint density at radius 2 is 1.71 bits per heavy atom. The van der Waals surface area contributed by atoms with E-state index >= 15 is 0 Å². The van der Waals surface area contributed by atoms with E-state index in [1.54, 1.807) is 0 Å². The lowest BCUT2D eigenvalue weighted by atomic mass is 9.75. The average Bonchev–Trinajstić information content (AvgIpc) is 2.80. The van der Waals surface area contributed by atoms with Gasteiger partial charge in [-0.2, -0.15) is 0 Å². The molecule has 2 aliphatic rings. The summed E-state index contributed by atoms with van der Waals surface area (Å²) in [7, 11) is 2.30. The number of aliphatic hydroxyl groups excluding tert-OH is 1. The summed E-state index contributed by atoms with van der Waals surface area (Å²) in [6, 6.07) is 1.40. The van der Waals surface area contributed by atoms with Crippen LogP contribution in [0.25, 0.3) is 0 Å². The topological polar surface area (TPSA) is 23.5 Å². The van der Waals surface area contributed by atoms with Gasteiger partial charge in [-0.05, 0) is 51.0 Å². The summed E-state index contributed by atoms with van der Waals surface area (Å²) in [6.45, 7) is 4.69. The second kappa shape index (κ2) is 5.71. The molecular formula is C15H29NO. The second-order valence-corrected chi connectivity index (χ2v) is 6.55. The Kier molecular flexibility index (Phi) is 4.48. The number of rotatable bonds is 3. The van der Waals surface area contributed by atoms with Crippen molar-refractivity contribution in [1.29, 1.82) is 0 Å². The molecule has 0 bridgehead atoms. The van der Waals surface area contributed by atoms with Crippen molar-refractivity contribution in [2.24, 2.45) is 11.8 Å². The van der Waals surface area contributed by atoms with Crippen LogP contribution in [0.4, 0.5) is 0 Å². The largest absolute Gasteiger partial charge is 0.393 e. The van der Waals surface area contributed by atoms with E-state index < -0.39 is 0 Å². The van der Waals surface area contributed by atoms with Crippen LogP contribution in [0, 0.1) is 11.8 Å². The van der Waals surface area contributed by atoms with Gasteiger partial charge in [0.15, 0.2) is 0 Å². The van der Waals surface area contributed by atoms with Crippen LogP contribution >= 0.6 is 0 Å². The fourth-order valence-electron chi connectivity index (χ4n) is 3.98. The molecule has 3 atom stereocenters. The van der Waals surface area contributed by atoms with Gasteiger partial charge in [-0.1, -0.05) is 26.7 Å². The van der Waals surface area contributed by atoms with E-state index in [0.717, 1.165) is 30.7 Å². The smallest absolute Gasteiger partial charge is 0.0555 e. The minimum atomic E-state index is -0.0566. The summed E-state index contributed by atoms with van der Waals surface area (Å²) in [5.41, 5.74) is 0. The normalized spacial score (nSPS) is 36.0. The van der Waals surface area contributed by atoms with E-state index in [-0.39, 0.29) is 6.10 Å². The van der Waals surface area contributed by atoms with E-state index in [1.165, 1.54) is 32.1 Å². The molecule has 3 unspecified atom stereocenters. The molecule has 0 aromatic carbocycles. The molecular weight excluding hydrogens is 210 g/mol. The Morgan fingerprint density at radius 1 is 1.06 bits per heavy atom. The molecule has 0 spiro atoms. The molecule has 1 N–H and O–H groups in total. The first-order valence-electron chi connectivity index (χ1n) is 7.49.